The summed E-state index contributed by atoms with van der Waals surface area (Å²) < 4.78 is 10.9. The molecule has 3 rings (SSSR count). The second-order valence-corrected chi connectivity index (χ2v) is 6.43. The van der Waals surface area contributed by atoms with Crippen molar-refractivity contribution in [3.05, 3.63) is 39.4 Å². The van der Waals surface area contributed by atoms with E-state index in [-0.39, 0.29) is 25.2 Å². The molecule has 0 saturated heterocycles. The minimum Gasteiger partial charge on any atom is -0.394 e. The molecule has 0 unspecified atom stereocenters. The van der Waals surface area contributed by atoms with Crippen molar-refractivity contribution in [1.29, 1.82) is 0 Å². The summed E-state index contributed by atoms with van der Waals surface area (Å²) in [7, 11) is 0. The molecule has 2 aromatic heterocycles. The molecule has 124 valence electrons. The molecule has 1 atom stereocenters. The van der Waals surface area contributed by atoms with Gasteiger partial charge in [-0.25, -0.2) is 0 Å². The molecule has 1 aliphatic rings. The number of amides is 1. The van der Waals surface area contributed by atoms with Crippen LogP contribution in [0, 0.1) is 0 Å². The lowest BCUT2D eigenvalue weighted by Gasteiger charge is -2.17. The van der Waals surface area contributed by atoms with Crippen LogP contribution in [-0.2, 0) is 17.6 Å². The largest absolute Gasteiger partial charge is 0.394 e. The zero-order valence-electron chi connectivity index (χ0n) is 12.8. The number of aromatic nitrogens is 1. The summed E-state index contributed by atoms with van der Waals surface area (Å²) in [5.41, 5.74) is 1.34. The summed E-state index contributed by atoms with van der Waals surface area (Å²) >= 11 is 1.56. The van der Waals surface area contributed by atoms with Gasteiger partial charge in [-0.05, 0) is 30.7 Å². The normalized spacial score (nSPS) is 15.2. The molecule has 2 aromatic rings. The number of carbonyl (C=O) groups excluding carboxylic acids is 1. The first kappa shape index (κ1) is 16.2. The fourth-order valence-electron chi connectivity index (χ4n) is 2.74. The summed E-state index contributed by atoms with van der Waals surface area (Å²) in [6.07, 6.45) is 3.57. The lowest BCUT2D eigenvalue weighted by Crippen LogP contribution is -2.30. The molecule has 0 aliphatic heterocycles. The summed E-state index contributed by atoms with van der Waals surface area (Å²) in [5.74, 6) is 0.610. The summed E-state index contributed by atoms with van der Waals surface area (Å²) in [6.45, 7) is 0.519. The number of aryl methyl sites for hydroxylation is 1. The third kappa shape index (κ3) is 3.80. The molecule has 2 heterocycles. The molecule has 7 heteroatoms. The van der Waals surface area contributed by atoms with Gasteiger partial charge in [-0.2, -0.15) is 0 Å². The van der Waals surface area contributed by atoms with Crippen LogP contribution in [0.3, 0.4) is 0 Å². The molecule has 0 bridgehead atoms. The van der Waals surface area contributed by atoms with Crippen molar-refractivity contribution < 1.29 is 19.2 Å². The van der Waals surface area contributed by atoms with E-state index in [4.69, 9.17) is 14.4 Å². The summed E-state index contributed by atoms with van der Waals surface area (Å²) in [4.78, 5) is 13.4. The highest BCUT2D eigenvalue weighted by molar-refractivity contribution is 7.10. The van der Waals surface area contributed by atoms with E-state index in [9.17, 15) is 4.79 Å². The van der Waals surface area contributed by atoms with Crippen molar-refractivity contribution in [2.24, 2.45) is 0 Å². The van der Waals surface area contributed by atoms with E-state index in [1.165, 1.54) is 0 Å². The predicted molar refractivity (Wildman–Crippen MR) is 85.6 cm³/mol. The fourth-order valence-corrected chi connectivity index (χ4v) is 3.52. The number of hydrogen-bond acceptors (Lipinski definition) is 6. The minimum absolute atomic E-state index is 0.0490. The van der Waals surface area contributed by atoms with E-state index in [1.54, 1.807) is 11.3 Å². The number of fused-ring (bicyclic) bond motifs is 1. The number of hydrogen-bond donors (Lipinski definition) is 2. The Kier molecular flexibility index (Phi) is 5.43. The van der Waals surface area contributed by atoms with Gasteiger partial charge < -0.3 is 19.7 Å². The summed E-state index contributed by atoms with van der Waals surface area (Å²) in [5, 5.41) is 17.7. The van der Waals surface area contributed by atoms with Crippen molar-refractivity contribution in [3.8, 4) is 0 Å². The highest BCUT2D eigenvalue weighted by Gasteiger charge is 2.24. The Labute approximate surface area is 138 Å². The smallest absolute Gasteiger partial charge is 0.273 e. The van der Waals surface area contributed by atoms with Crippen molar-refractivity contribution in [1.82, 2.24) is 10.5 Å². The number of ether oxygens (including phenoxy) is 1. The van der Waals surface area contributed by atoms with Crippen LogP contribution in [0.15, 0.2) is 22.0 Å². The molecule has 0 radical (unpaired) electrons. The number of nitrogens with zero attached hydrogens (tertiary/aromatic N) is 1. The van der Waals surface area contributed by atoms with Gasteiger partial charge in [0.25, 0.3) is 5.91 Å². The zero-order chi connectivity index (χ0) is 16.1. The Hall–Kier alpha value is -1.70. The number of aliphatic hydroxyl groups excluding tert-OH is 1. The van der Waals surface area contributed by atoms with E-state index in [0.717, 1.165) is 41.9 Å². The number of carbonyl (C=O) groups is 1. The minimum atomic E-state index is -0.270. The molecule has 0 aromatic carbocycles. The Bertz CT molecular complexity index is 639. The van der Waals surface area contributed by atoms with E-state index in [0.29, 0.717) is 12.2 Å². The average Bonchev–Trinajstić information content (AvgIpc) is 3.24. The first-order chi connectivity index (χ1) is 11.3. The van der Waals surface area contributed by atoms with Gasteiger partial charge in [-0.15, -0.1) is 11.3 Å². The van der Waals surface area contributed by atoms with Crippen LogP contribution >= 0.6 is 11.3 Å². The van der Waals surface area contributed by atoms with Gasteiger partial charge in [0.15, 0.2) is 5.69 Å². The van der Waals surface area contributed by atoms with E-state index >= 15 is 0 Å². The molecule has 1 amide bonds. The number of nitrogens with one attached hydrogen (secondary N) is 1. The quantitative estimate of drug-likeness (QED) is 0.809. The van der Waals surface area contributed by atoms with Gasteiger partial charge in [0, 0.05) is 23.4 Å². The van der Waals surface area contributed by atoms with Gasteiger partial charge in [0.05, 0.1) is 13.2 Å². The topological polar surface area (TPSA) is 84.6 Å². The Balaban J connectivity index is 1.63. The number of rotatable bonds is 7. The van der Waals surface area contributed by atoms with Crippen molar-refractivity contribution in [2.75, 3.05) is 19.8 Å². The lowest BCUT2D eigenvalue weighted by atomic mass is 9.96. The van der Waals surface area contributed by atoms with Crippen molar-refractivity contribution >= 4 is 17.2 Å². The number of aliphatic hydroxyl groups is 1. The van der Waals surface area contributed by atoms with Crippen LogP contribution in [-0.4, -0.2) is 35.9 Å². The standard InChI is InChI=1S/C16H20N2O4S/c19-7-8-21-13(14-6-3-9-23-14)10-17-16(20)15-11-4-1-2-5-12(11)22-18-15/h3,6,9,13,19H,1-2,4-5,7-8,10H2,(H,17,20)/t13-/m0/s1. The van der Waals surface area contributed by atoms with Crippen LogP contribution < -0.4 is 5.32 Å². The maximum atomic E-state index is 12.4. The molecule has 0 spiro atoms. The zero-order valence-corrected chi connectivity index (χ0v) is 13.6. The van der Waals surface area contributed by atoms with Crippen LogP contribution in [0.5, 0.6) is 0 Å². The summed E-state index contributed by atoms with van der Waals surface area (Å²) in [6, 6.07) is 3.89. The highest BCUT2D eigenvalue weighted by Crippen LogP contribution is 2.25. The molecule has 1 aliphatic carbocycles. The molecule has 2 N–H and O–H groups in total. The average molecular weight is 336 g/mol. The Morgan fingerprint density at radius 1 is 1.48 bits per heavy atom. The van der Waals surface area contributed by atoms with Gasteiger partial charge in [0.2, 0.25) is 0 Å². The second-order valence-electron chi connectivity index (χ2n) is 5.45. The first-order valence-electron chi connectivity index (χ1n) is 7.81. The SMILES string of the molecule is O=C(NC[C@H](OCCO)c1cccs1)c1noc2c1CCCC2. The maximum Gasteiger partial charge on any atom is 0.273 e. The molecule has 6 nitrogen and oxygen atoms in total. The van der Waals surface area contributed by atoms with Crippen LogP contribution in [0.4, 0.5) is 0 Å². The fraction of sp³-hybridized carbons (Fsp3) is 0.500. The molecule has 23 heavy (non-hydrogen) atoms. The van der Waals surface area contributed by atoms with Crippen molar-refractivity contribution in [2.45, 2.75) is 31.8 Å². The second kappa shape index (κ2) is 7.72. The molecule has 0 fully saturated rings. The lowest BCUT2D eigenvalue weighted by molar-refractivity contribution is 0.0295. The van der Waals surface area contributed by atoms with Crippen LogP contribution in [0.2, 0.25) is 0 Å². The third-order valence-electron chi connectivity index (χ3n) is 3.88. The van der Waals surface area contributed by atoms with Gasteiger partial charge in [-0.3, -0.25) is 4.79 Å². The Morgan fingerprint density at radius 3 is 3.13 bits per heavy atom. The first-order valence-corrected chi connectivity index (χ1v) is 8.69. The van der Waals surface area contributed by atoms with E-state index in [1.807, 2.05) is 17.5 Å². The molecular weight excluding hydrogens is 316 g/mol. The van der Waals surface area contributed by atoms with Crippen molar-refractivity contribution in [3.63, 3.8) is 0 Å². The monoisotopic (exact) mass is 336 g/mol. The van der Waals surface area contributed by atoms with Crippen LogP contribution in [0.1, 0.15) is 45.6 Å². The highest BCUT2D eigenvalue weighted by atomic mass is 32.1. The Morgan fingerprint density at radius 2 is 2.35 bits per heavy atom. The van der Waals surface area contributed by atoms with Gasteiger partial charge in [0.1, 0.15) is 11.9 Å². The predicted octanol–water partition coefficient (Wildman–Crippen LogP) is 2.09. The van der Waals surface area contributed by atoms with Crippen LogP contribution in [0.25, 0.3) is 0 Å². The van der Waals surface area contributed by atoms with E-state index < -0.39 is 0 Å². The third-order valence-corrected chi connectivity index (χ3v) is 4.85. The van der Waals surface area contributed by atoms with Gasteiger partial charge >= 0.3 is 0 Å². The van der Waals surface area contributed by atoms with Gasteiger partial charge in [-0.1, -0.05) is 11.2 Å². The molecular formula is C16H20N2O4S. The maximum absolute atomic E-state index is 12.4. The number of thiophene rings is 1. The van der Waals surface area contributed by atoms with E-state index in [2.05, 4.69) is 10.5 Å². The molecule has 0 saturated carbocycles.